The Morgan fingerprint density at radius 1 is 1.00 bits per heavy atom. The molecule has 2 rings (SSSR count). The van der Waals surface area contributed by atoms with Crippen LogP contribution in [0.5, 0.6) is 0 Å². The van der Waals surface area contributed by atoms with Crippen LogP contribution in [-0.2, 0) is 0 Å². The second-order valence-corrected chi connectivity index (χ2v) is 7.54. The van der Waals surface area contributed by atoms with Crippen LogP contribution in [0.3, 0.4) is 0 Å². The Morgan fingerprint density at radius 3 is 2.21 bits per heavy atom. The van der Waals surface area contributed by atoms with E-state index in [4.69, 9.17) is 0 Å². The van der Waals surface area contributed by atoms with Crippen LogP contribution < -0.4 is 0 Å². The van der Waals surface area contributed by atoms with Crippen molar-refractivity contribution in [1.82, 2.24) is 9.80 Å². The fourth-order valence-electron chi connectivity index (χ4n) is 3.83. The lowest BCUT2D eigenvalue weighted by Gasteiger charge is -2.42. The van der Waals surface area contributed by atoms with E-state index in [1.165, 1.54) is 32.5 Å². The zero-order valence-corrected chi connectivity index (χ0v) is 13.1. The average Bonchev–Trinajstić information content (AvgIpc) is 2.80. The summed E-state index contributed by atoms with van der Waals surface area (Å²) < 4.78 is 0. The first kappa shape index (κ1) is 15.3. The molecule has 19 heavy (non-hydrogen) atoms. The summed E-state index contributed by atoms with van der Waals surface area (Å²) in [5.74, 6) is 0. The Balaban J connectivity index is 1.84. The van der Waals surface area contributed by atoms with E-state index in [1.54, 1.807) is 0 Å². The summed E-state index contributed by atoms with van der Waals surface area (Å²) in [6.45, 7) is 13.8. The van der Waals surface area contributed by atoms with E-state index < -0.39 is 5.60 Å². The molecule has 0 bridgehead atoms. The first-order valence-electron chi connectivity index (χ1n) is 8.10. The fraction of sp³-hybridized carbons (Fsp3) is 1.00. The van der Waals surface area contributed by atoms with Gasteiger partial charge in [0.05, 0.1) is 5.60 Å². The highest BCUT2D eigenvalue weighted by Gasteiger charge is 2.34. The molecule has 0 aromatic heterocycles. The summed E-state index contributed by atoms with van der Waals surface area (Å²) in [6, 6.07) is 0. The van der Waals surface area contributed by atoms with Crippen molar-refractivity contribution in [2.45, 2.75) is 58.5 Å². The van der Waals surface area contributed by atoms with Gasteiger partial charge in [0.2, 0.25) is 0 Å². The second-order valence-electron chi connectivity index (χ2n) is 7.54. The van der Waals surface area contributed by atoms with Gasteiger partial charge in [0.25, 0.3) is 0 Å². The van der Waals surface area contributed by atoms with Gasteiger partial charge in [0.1, 0.15) is 0 Å². The van der Waals surface area contributed by atoms with Gasteiger partial charge in [-0.2, -0.15) is 0 Å². The number of hydrogen-bond acceptors (Lipinski definition) is 3. The highest BCUT2D eigenvalue weighted by molar-refractivity contribution is 4.89. The minimum Gasteiger partial charge on any atom is -0.389 e. The third kappa shape index (κ3) is 4.44. The van der Waals surface area contributed by atoms with Gasteiger partial charge in [-0.25, -0.2) is 0 Å². The van der Waals surface area contributed by atoms with Gasteiger partial charge in [0, 0.05) is 19.6 Å². The SMILES string of the molecule is CCC1(O)CCCN(CC(C)(C)CN2CCCC2)C1. The molecule has 2 fully saturated rings. The van der Waals surface area contributed by atoms with Crippen LogP contribution in [0.25, 0.3) is 0 Å². The van der Waals surface area contributed by atoms with Gasteiger partial charge in [0.15, 0.2) is 0 Å². The molecule has 2 aliphatic heterocycles. The molecule has 2 heterocycles. The van der Waals surface area contributed by atoms with Crippen LogP contribution >= 0.6 is 0 Å². The number of rotatable bonds is 5. The molecule has 0 aliphatic carbocycles. The highest BCUT2D eigenvalue weighted by Crippen LogP contribution is 2.28. The Bertz CT molecular complexity index is 286. The summed E-state index contributed by atoms with van der Waals surface area (Å²) in [7, 11) is 0. The van der Waals surface area contributed by atoms with E-state index in [2.05, 4.69) is 30.6 Å². The third-order valence-corrected chi connectivity index (χ3v) is 4.79. The zero-order valence-electron chi connectivity index (χ0n) is 13.1. The van der Waals surface area contributed by atoms with Crippen molar-refractivity contribution in [2.24, 2.45) is 5.41 Å². The lowest BCUT2D eigenvalue weighted by molar-refractivity contribution is -0.0436. The summed E-state index contributed by atoms with van der Waals surface area (Å²) in [5, 5.41) is 10.5. The number of likely N-dealkylation sites (tertiary alicyclic amines) is 2. The lowest BCUT2D eigenvalue weighted by Crippen LogP contribution is -2.51. The molecule has 0 spiro atoms. The number of hydrogen-bond donors (Lipinski definition) is 1. The molecule has 0 radical (unpaired) electrons. The Kier molecular flexibility index (Phi) is 4.91. The van der Waals surface area contributed by atoms with Crippen molar-refractivity contribution in [2.75, 3.05) is 39.3 Å². The number of piperidine rings is 1. The van der Waals surface area contributed by atoms with Gasteiger partial charge < -0.3 is 10.0 Å². The van der Waals surface area contributed by atoms with Crippen molar-refractivity contribution in [3.8, 4) is 0 Å². The normalized spacial score (nSPS) is 30.9. The van der Waals surface area contributed by atoms with E-state index in [0.29, 0.717) is 5.41 Å². The summed E-state index contributed by atoms with van der Waals surface area (Å²) in [4.78, 5) is 5.10. The topological polar surface area (TPSA) is 26.7 Å². The number of β-amino-alcohol motifs (C(OH)–C–C–N with tert-alkyl or cyclic N) is 1. The van der Waals surface area contributed by atoms with Crippen LogP contribution in [0.15, 0.2) is 0 Å². The van der Waals surface area contributed by atoms with Gasteiger partial charge in [-0.3, -0.25) is 4.90 Å². The minimum absolute atomic E-state index is 0.330. The molecule has 0 saturated carbocycles. The molecule has 0 aromatic carbocycles. The van der Waals surface area contributed by atoms with Gasteiger partial charge >= 0.3 is 0 Å². The van der Waals surface area contributed by atoms with E-state index in [1.807, 2.05) is 0 Å². The molecule has 112 valence electrons. The Morgan fingerprint density at radius 2 is 1.58 bits per heavy atom. The van der Waals surface area contributed by atoms with Crippen molar-refractivity contribution >= 4 is 0 Å². The van der Waals surface area contributed by atoms with Crippen LogP contribution in [0.2, 0.25) is 0 Å². The maximum Gasteiger partial charge on any atom is 0.0772 e. The van der Waals surface area contributed by atoms with E-state index in [9.17, 15) is 5.11 Å². The predicted molar refractivity (Wildman–Crippen MR) is 80.4 cm³/mol. The van der Waals surface area contributed by atoms with Gasteiger partial charge in [-0.1, -0.05) is 20.8 Å². The van der Waals surface area contributed by atoms with Crippen LogP contribution in [0.1, 0.15) is 52.9 Å². The number of aliphatic hydroxyl groups is 1. The Hall–Kier alpha value is -0.120. The predicted octanol–water partition coefficient (Wildman–Crippen LogP) is 2.35. The summed E-state index contributed by atoms with van der Waals surface area (Å²) in [5.41, 5.74) is -0.0989. The molecular weight excluding hydrogens is 236 g/mol. The monoisotopic (exact) mass is 268 g/mol. The molecule has 0 amide bonds. The zero-order chi connectivity index (χ0) is 13.9. The largest absolute Gasteiger partial charge is 0.389 e. The summed E-state index contributed by atoms with van der Waals surface area (Å²) in [6.07, 6.45) is 5.75. The van der Waals surface area contributed by atoms with Crippen LogP contribution in [0.4, 0.5) is 0 Å². The Labute approximate surface area is 119 Å². The van der Waals surface area contributed by atoms with Crippen molar-refractivity contribution in [1.29, 1.82) is 0 Å². The number of nitrogens with zero attached hydrogens (tertiary/aromatic N) is 2. The lowest BCUT2D eigenvalue weighted by atomic mass is 9.87. The average molecular weight is 268 g/mol. The van der Waals surface area contributed by atoms with E-state index in [0.717, 1.165) is 38.9 Å². The van der Waals surface area contributed by atoms with Crippen molar-refractivity contribution < 1.29 is 5.11 Å². The summed E-state index contributed by atoms with van der Waals surface area (Å²) >= 11 is 0. The first-order chi connectivity index (χ1) is 8.92. The van der Waals surface area contributed by atoms with Gasteiger partial charge in [-0.05, 0) is 57.2 Å². The maximum absolute atomic E-state index is 10.5. The first-order valence-corrected chi connectivity index (χ1v) is 8.10. The van der Waals surface area contributed by atoms with Gasteiger partial charge in [-0.15, -0.1) is 0 Å². The molecule has 1 unspecified atom stereocenters. The smallest absolute Gasteiger partial charge is 0.0772 e. The van der Waals surface area contributed by atoms with E-state index >= 15 is 0 Å². The molecule has 1 N–H and O–H groups in total. The molecule has 3 heteroatoms. The minimum atomic E-state index is -0.429. The fourth-order valence-corrected chi connectivity index (χ4v) is 3.83. The van der Waals surface area contributed by atoms with Crippen molar-refractivity contribution in [3.05, 3.63) is 0 Å². The molecule has 3 nitrogen and oxygen atoms in total. The maximum atomic E-state index is 10.5. The molecule has 2 saturated heterocycles. The second kappa shape index (κ2) is 6.11. The molecular formula is C16H32N2O. The van der Waals surface area contributed by atoms with Crippen LogP contribution in [0, 0.1) is 5.41 Å². The third-order valence-electron chi connectivity index (χ3n) is 4.79. The quantitative estimate of drug-likeness (QED) is 0.829. The highest BCUT2D eigenvalue weighted by atomic mass is 16.3. The molecule has 1 atom stereocenters. The van der Waals surface area contributed by atoms with Crippen molar-refractivity contribution in [3.63, 3.8) is 0 Å². The molecule has 0 aromatic rings. The van der Waals surface area contributed by atoms with Crippen LogP contribution in [-0.4, -0.2) is 59.8 Å². The molecule has 2 aliphatic rings. The van der Waals surface area contributed by atoms with E-state index in [-0.39, 0.29) is 0 Å². The standard InChI is InChI=1S/C16H32N2O/c1-4-16(19)8-7-11-18(14-16)13-15(2,3)12-17-9-5-6-10-17/h19H,4-14H2,1-3H3.